The van der Waals surface area contributed by atoms with Crippen LogP contribution in [-0.4, -0.2) is 24.1 Å². The molecule has 134 valence electrons. The van der Waals surface area contributed by atoms with Crippen molar-refractivity contribution in [3.63, 3.8) is 0 Å². The number of nitrogens with one attached hydrogen (secondary N) is 3. The van der Waals surface area contributed by atoms with E-state index in [-0.39, 0.29) is 6.04 Å². The molecule has 0 aromatic heterocycles. The van der Waals surface area contributed by atoms with Gasteiger partial charge in [-0.1, -0.05) is 29.3 Å². The van der Waals surface area contributed by atoms with Crippen LogP contribution in [0.1, 0.15) is 24.0 Å². The van der Waals surface area contributed by atoms with Crippen LogP contribution < -0.4 is 16.1 Å². The standard InChI is InChI=1S/C19H19ClN4O2/c1-12-2-5-15(6-3-12)22-17-9-4-14(20)10-13(17)11-21-24-19(26)18(25)23-16-7-8-16/h2-6,9-11,16,22H,7-8H2,1H3,(H,23,25)(H,24,26)/b21-11-. The van der Waals surface area contributed by atoms with Gasteiger partial charge < -0.3 is 10.6 Å². The number of rotatable bonds is 5. The van der Waals surface area contributed by atoms with Crippen LogP contribution in [0.3, 0.4) is 0 Å². The molecule has 0 atom stereocenters. The molecule has 6 nitrogen and oxygen atoms in total. The highest BCUT2D eigenvalue weighted by molar-refractivity contribution is 6.35. The summed E-state index contributed by atoms with van der Waals surface area (Å²) in [6, 6.07) is 13.4. The SMILES string of the molecule is Cc1ccc(Nc2ccc(Cl)cc2/C=N\NC(=O)C(=O)NC2CC2)cc1. The van der Waals surface area contributed by atoms with Gasteiger partial charge in [-0.25, -0.2) is 5.43 Å². The first-order chi connectivity index (χ1) is 12.5. The maximum atomic E-state index is 11.7. The van der Waals surface area contributed by atoms with E-state index < -0.39 is 11.8 Å². The molecule has 1 aliphatic rings. The first-order valence-corrected chi connectivity index (χ1v) is 8.66. The van der Waals surface area contributed by atoms with E-state index in [9.17, 15) is 9.59 Å². The van der Waals surface area contributed by atoms with E-state index in [1.807, 2.05) is 37.3 Å². The van der Waals surface area contributed by atoms with E-state index in [4.69, 9.17) is 11.6 Å². The molecule has 3 rings (SSSR count). The summed E-state index contributed by atoms with van der Waals surface area (Å²) in [5.74, 6) is -1.46. The smallest absolute Gasteiger partial charge is 0.329 e. The zero-order chi connectivity index (χ0) is 18.5. The topological polar surface area (TPSA) is 82.6 Å². The Balaban J connectivity index is 1.67. The minimum Gasteiger partial charge on any atom is -0.355 e. The molecule has 1 fully saturated rings. The highest BCUT2D eigenvalue weighted by Crippen LogP contribution is 2.23. The molecular weight excluding hydrogens is 352 g/mol. The zero-order valence-corrected chi connectivity index (χ0v) is 15.0. The van der Waals surface area contributed by atoms with Crippen LogP contribution in [0.2, 0.25) is 5.02 Å². The Morgan fingerprint density at radius 1 is 1.12 bits per heavy atom. The fraction of sp³-hybridized carbons (Fsp3) is 0.211. The second-order valence-corrected chi connectivity index (χ2v) is 6.61. The summed E-state index contributed by atoms with van der Waals surface area (Å²) in [6.07, 6.45) is 3.28. The Hall–Kier alpha value is -2.86. The van der Waals surface area contributed by atoms with Gasteiger partial charge >= 0.3 is 11.8 Å². The number of nitrogens with zero attached hydrogens (tertiary/aromatic N) is 1. The second kappa shape index (κ2) is 8.01. The predicted molar refractivity (Wildman–Crippen MR) is 103 cm³/mol. The predicted octanol–water partition coefficient (Wildman–Crippen LogP) is 3.12. The van der Waals surface area contributed by atoms with Crippen LogP contribution >= 0.6 is 11.6 Å². The summed E-state index contributed by atoms with van der Waals surface area (Å²) in [6.45, 7) is 2.02. The maximum absolute atomic E-state index is 11.7. The van der Waals surface area contributed by atoms with Crippen LogP contribution in [0.15, 0.2) is 47.6 Å². The lowest BCUT2D eigenvalue weighted by atomic mass is 10.1. The van der Waals surface area contributed by atoms with Crippen molar-refractivity contribution in [1.29, 1.82) is 0 Å². The van der Waals surface area contributed by atoms with E-state index in [0.717, 1.165) is 24.2 Å². The summed E-state index contributed by atoms with van der Waals surface area (Å²) >= 11 is 6.06. The van der Waals surface area contributed by atoms with Crippen LogP contribution in [0.5, 0.6) is 0 Å². The van der Waals surface area contributed by atoms with Crippen molar-refractivity contribution >= 4 is 41.0 Å². The van der Waals surface area contributed by atoms with Crippen molar-refractivity contribution < 1.29 is 9.59 Å². The molecule has 0 spiro atoms. The number of benzene rings is 2. The fourth-order valence-electron chi connectivity index (χ4n) is 2.24. The monoisotopic (exact) mass is 370 g/mol. The van der Waals surface area contributed by atoms with Gasteiger partial charge in [-0.15, -0.1) is 0 Å². The molecule has 0 aliphatic heterocycles. The Morgan fingerprint density at radius 3 is 2.54 bits per heavy atom. The number of hydrogen-bond donors (Lipinski definition) is 3. The highest BCUT2D eigenvalue weighted by Gasteiger charge is 2.26. The third kappa shape index (κ3) is 5.07. The molecule has 26 heavy (non-hydrogen) atoms. The molecule has 2 amide bonds. The molecule has 1 saturated carbocycles. The van der Waals surface area contributed by atoms with Gasteiger partial charge in [0.05, 0.1) is 6.21 Å². The number of halogens is 1. The van der Waals surface area contributed by atoms with Gasteiger partial charge in [0.15, 0.2) is 0 Å². The van der Waals surface area contributed by atoms with Gasteiger partial charge in [0, 0.05) is 28.0 Å². The van der Waals surface area contributed by atoms with E-state index in [0.29, 0.717) is 10.6 Å². The summed E-state index contributed by atoms with van der Waals surface area (Å²) in [5.41, 5.74) is 5.77. The fourth-order valence-corrected chi connectivity index (χ4v) is 2.42. The first-order valence-electron chi connectivity index (χ1n) is 8.28. The van der Waals surface area contributed by atoms with Crippen LogP contribution in [0, 0.1) is 6.92 Å². The summed E-state index contributed by atoms with van der Waals surface area (Å²) in [5, 5.41) is 10.3. The number of carbonyl (C=O) groups is 2. The van der Waals surface area contributed by atoms with Crippen LogP contribution in [0.4, 0.5) is 11.4 Å². The molecule has 0 bridgehead atoms. The third-order valence-corrected chi connectivity index (χ3v) is 4.07. The van der Waals surface area contributed by atoms with Gasteiger partial charge in [-0.3, -0.25) is 9.59 Å². The van der Waals surface area contributed by atoms with Crippen molar-refractivity contribution in [2.75, 3.05) is 5.32 Å². The van der Waals surface area contributed by atoms with Crippen molar-refractivity contribution in [3.8, 4) is 0 Å². The van der Waals surface area contributed by atoms with Crippen molar-refractivity contribution in [2.24, 2.45) is 5.10 Å². The number of amides is 2. The zero-order valence-electron chi connectivity index (χ0n) is 14.3. The second-order valence-electron chi connectivity index (χ2n) is 6.17. The molecular formula is C19H19ClN4O2. The van der Waals surface area contributed by atoms with E-state index in [1.165, 1.54) is 11.8 Å². The largest absolute Gasteiger partial charge is 0.355 e. The lowest BCUT2D eigenvalue weighted by molar-refractivity contribution is -0.139. The average Bonchev–Trinajstić information content (AvgIpc) is 3.43. The van der Waals surface area contributed by atoms with Gasteiger partial charge in [-0.2, -0.15) is 5.10 Å². The normalized spacial score (nSPS) is 13.5. The van der Waals surface area contributed by atoms with Gasteiger partial charge in [0.25, 0.3) is 0 Å². The number of hydrogen-bond acceptors (Lipinski definition) is 4. The quantitative estimate of drug-likeness (QED) is 0.429. The molecule has 7 heteroatoms. The van der Waals surface area contributed by atoms with Crippen molar-refractivity contribution in [2.45, 2.75) is 25.8 Å². The summed E-state index contributed by atoms with van der Waals surface area (Å²) in [4.78, 5) is 23.3. The third-order valence-electron chi connectivity index (χ3n) is 3.83. The minimum atomic E-state index is -0.789. The minimum absolute atomic E-state index is 0.121. The van der Waals surface area contributed by atoms with E-state index in [1.54, 1.807) is 12.1 Å². The van der Waals surface area contributed by atoms with Crippen molar-refractivity contribution in [1.82, 2.24) is 10.7 Å². The molecule has 3 N–H and O–H groups in total. The van der Waals surface area contributed by atoms with Gasteiger partial charge in [-0.05, 0) is 50.1 Å². The van der Waals surface area contributed by atoms with E-state index in [2.05, 4.69) is 21.2 Å². The lowest BCUT2D eigenvalue weighted by Crippen LogP contribution is -2.38. The van der Waals surface area contributed by atoms with Gasteiger partial charge in [0.1, 0.15) is 0 Å². The molecule has 0 radical (unpaired) electrons. The summed E-state index contributed by atoms with van der Waals surface area (Å²) in [7, 11) is 0. The number of aryl methyl sites for hydroxylation is 1. The van der Waals surface area contributed by atoms with E-state index >= 15 is 0 Å². The average molecular weight is 371 g/mol. The molecule has 2 aromatic carbocycles. The van der Waals surface area contributed by atoms with Crippen LogP contribution in [0.25, 0.3) is 0 Å². The number of hydrazone groups is 1. The number of anilines is 2. The molecule has 2 aromatic rings. The first kappa shape index (κ1) is 17.9. The lowest BCUT2D eigenvalue weighted by Gasteiger charge is -2.10. The summed E-state index contributed by atoms with van der Waals surface area (Å²) < 4.78 is 0. The highest BCUT2D eigenvalue weighted by atomic mass is 35.5. The maximum Gasteiger partial charge on any atom is 0.329 e. The number of carbonyl (C=O) groups excluding carboxylic acids is 2. The van der Waals surface area contributed by atoms with Crippen molar-refractivity contribution in [3.05, 3.63) is 58.6 Å². The molecule has 0 heterocycles. The molecule has 1 aliphatic carbocycles. The Kier molecular flexibility index (Phi) is 5.53. The van der Waals surface area contributed by atoms with Gasteiger partial charge in [0.2, 0.25) is 0 Å². The Labute approximate surface area is 156 Å². The Morgan fingerprint density at radius 2 is 1.85 bits per heavy atom. The molecule has 0 unspecified atom stereocenters. The van der Waals surface area contributed by atoms with Crippen LogP contribution in [-0.2, 0) is 9.59 Å². The molecule has 0 saturated heterocycles. The Bertz CT molecular complexity index is 845.